The van der Waals surface area contributed by atoms with Crippen LogP contribution in [0.4, 0.5) is 19.3 Å². The van der Waals surface area contributed by atoms with Crippen molar-refractivity contribution in [3.8, 4) is 5.75 Å². The number of fused-ring (bicyclic) bond motifs is 1. The Morgan fingerprint density at radius 3 is 2.85 bits per heavy atom. The van der Waals surface area contributed by atoms with Gasteiger partial charge in [0.25, 0.3) is 0 Å². The molecular weight excluding hydrogens is 348 g/mol. The standard InChI is InChI=1S/C17H15F2N3O4/c18-16(19)26-14-6-5-11(10-3-1-7-20-15(10)14)22-17(24)21-9-12(23)13-4-2-8-25-13/h1-8,12,16,23H,9H2,(H2,21,22,24). The third kappa shape index (κ3) is 4.06. The number of amides is 2. The fraction of sp³-hybridized carbons (Fsp3) is 0.176. The molecule has 0 aliphatic carbocycles. The average molecular weight is 363 g/mol. The molecule has 0 bridgehead atoms. The number of alkyl halides is 2. The molecule has 3 N–H and O–H groups in total. The Bertz CT molecular complexity index is 887. The molecule has 0 spiro atoms. The number of anilines is 1. The number of furan rings is 1. The smallest absolute Gasteiger partial charge is 0.387 e. The molecule has 1 atom stereocenters. The van der Waals surface area contributed by atoms with E-state index in [0.717, 1.165) is 0 Å². The number of carbonyl (C=O) groups is 1. The molecule has 0 aliphatic heterocycles. The average Bonchev–Trinajstić information content (AvgIpc) is 3.16. The molecule has 9 heteroatoms. The Kier molecular flexibility index (Phi) is 5.28. The van der Waals surface area contributed by atoms with Crippen LogP contribution in [0.5, 0.6) is 5.75 Å². The van der Waals surface area contributed by atoms with Gasteiger partial charge in [0.1, 0.15) is 17.4 Å². The molecule has 2 amide bonds. The van der Waals surface area contributed by atoms with E-state index in [2.05, 4.69) is 20.4 Å². The maximum atomic E-state index is 12.5. The molecule has 2 heterocycles. The number of hydrogen-bond donors (Lipinski definition) is 3. The molecule has 7 nitrogen and oxygen atoms in total. The van der Waals surface area contributed by atoms with Crippen molar-refractivity contribution in [2.45, 2.75) is 12.7 Å². The number of urea groups is 1. The van der Waals surface area contributed by atoms with Crippen LogP contribution >= 0.6 is 0 Å². The number of pyridine rings is 1. The van der Waals surface area contributed by atoms with Gasteiger partial charge in [-0.2, -0.15) is 8.78 Å². The van der Waals surface area contributed by atoms with E-state index in [1.807, 2.05) is 0 Å². The second-order valence-electron chi connectivity index (χ2n) is 5.26. The van der Waals surface area contributed by atoms with Crippen molar-refractivity contribution < 1.29 is 27.8 Å². The Morgan fingerprint density at radius 1 is 1.27 bits per heavy atom. The summed E-state index contributed by atoms with van der Waals surface area (Å²) in [5.41, 5.74) is 0.556. The minimum atomic E-state index is -2.98. The first-order valence-corrected chi connectivity index (χ1v) is 7.63. The van der Waals surface area contributed by atoms with Crippen molar-refractivity contribution in [2.75, 3.05) is 11.9 Å². The maximum absolute atomic E-state index is 12.5. The molecule has 1 unspecified atom stereocenters. The van der Waals surface area contributed by atoms with Gasteiger partial charge in [-0.25, -0.2) is 4.79 Å². The monoisotopic (exact) mass is 363 g/mol. The van der Waals surface area contributed by atoms with Crippen molar-refractivity contribution in [1.29, 1.82) is 0 Å². The van der Waals surface area contributed by atoms with Gasteiger partial charge in [-0.1, -0.05) is 0 Å². The number of nitrogens with zero attached hydrogens (tertiary/aromatic N) is 1. The lowest BCUT2D eigenvalue weighted by Gasteiger charge is -2.13. The summed E-state index contributed by atoms with van der Waals surface area (Å²) in [4.78, 5) is 16.1. The number of nitrogens with one attached hydrogen (secondary N) is 2. The Hall–Kier alpha value is -3.20. The van der Waals surface area contributed by atoms with E-state index in [1.54, 1.807) is 24.3 Å². The van der Waals surface area contributed by atoms with Gasteiger partial charge in [-0.15, -0.1) is 0 Å². The van der Waals surface area contributed by atoms with E-state index in [4.69, 9.17) is 4.42 Å². The second kappa shape index (κ2) is 7.79. The SMILES string of the molecule is O=C(NCC(O)c1ccco1)Nc1ccc(OC(F)F)c2ncccc12. The van der Waals surface area contributed by atoms with Crippen LogP contribution in [0.1, 0.15) is 11.9 Å². The Labute approximate surface area is 146 Å². The van der Waals surface area contributed by atoms with E-state index in [0.29, 0.717) is 16.8 Å². The lowest BCUT2D eigenvalue weighted by Crippen LogP contribution is -2.32. The van der Waals surface area contributed by atoms with Gasteiger partial charge in [0.15, 0.2) is 5.75 Å². The zero-order chi connectivity index (χ0) is 18.5. The van der Waals surface area contributed by atoms with Crippen molar-refractivity contribution in [1.82, 2.24) is 10.3 Å². The molecule has 0 saturated carbocycles. The van der Waals surface area contributed by atoms with E-state index in [1.165, 1.54) is 24.6 Å². The van der Waals surface area contributed by atoms with Crippen LogP contribution in [0, 0.1) is 0 Å². The first-order chi connectivity index (χ1) is 12.5. The lowest BCUT2D eigenvalue weighted by atomic mass is 10.1. The van der Waals surface area contributed by atoms with Gasteiger partial charge in [0, 0.05) is 11.6 Å². The molecule has 0 fully saturated rings. The van der Waals surface area contributed by atoms with Gasteiger partial charge in [0.2, 0.25) is 0 Å². The Morgan fingerprint density at radius 2 is 2.12 bits per heavy atom. The predicted octanol–water partition coefficient (Wildman–Crippen LogP) is 3.28. The minimum absolute atomic E-state index is 0.0674. The summed E-state index contributed by atoms with van der Waals surface area (Å²) in [7, 11) is 0. The molecule has 0 aliphatic rings. The first-order valence-electron chi connectivity index (χ1n) is 7.63. The molecule has 0 saturated heterocycles. The summed E-state index contributed by atoms with van der Waals surface area (Å²) in [6.07, 6.45) is 1.86. The molecule has 2 aromatic heterocycles. The minimum Gasteiger partial charge on any atom is -0.467 e. The summed E-state index contributed by atoms with van der Waals surface area (Å²) >= 11 is 0. The molecule has 1 aromatic carbocycles. The number of aromatic nitrogens is 1. The van der Waals surface area contributed by atoms with E-state index < -0.39 is 18.7 Å². The summed E-state index contributed by atoms with van der Waals surface area (Å²) < 4.78 is 34.5. The normalized spacial score (nSPS) is 12.2. The summed E-state index contributed by atoms with van der Waals surface area (Å²) in [5.74, 6) is 0.239. The van der Waals surface area contributed by atoms with E-state index >= 15 is 0 Å². The van der Waals surface area contributed by atoms with E-state index in [-0.39, 0.29) is 17.8 Å². The Balaban J connectivity index is 1.71. The number of aliphatic hydroxyl groups excluding tert-OH is 1. The van der Waals surface area contributed by atoms with Gasteiger partial charge < -0.3 is 24.9 Å². The van der Waals surface area contributed by atoms with Crippen LogP contribution < -0.4 is 15.4 Å². The molecule has 3 aromatic rings. The van der Waals surface area contributed by atoms with Gasteiger partial charge in [0.05, 0.1) is 18.5 Å². The number of ether oxygens (including phenoxy) is 1. The second-order valence-corrected chi connectivity index (χ2v) is 5.26. The van der Waals surface area contributed by atoms with Crippen molar-refractivity contribution in [3.63, 3.8) is 0 Å². The van der Waals surface area contributed by atoms with Gasteiger partial charge in [-0.05, 0) is 36.4 Å². The van der Waals surface area contributed by atoms with Crippen LogP contribution in [0.2, 0.25) is 0 Å². The van der Waals surface area contributed by atoms with Crippen molar-refractivity contribution >= 4 is 22.6 Å². The summed E-state index contributed by atoms with van der Waals surface area (Å²) in [6, 6.07) is 8.60. The number of aliphatic hydroxyl groups is 1. The largest absolute Gasteiger partial charge is 0.467 e. The zero-order valence-electron chi connectivity index (χ0n) is 13.4. The molecule has 3 rings (SSSR count). The highest BCUT2D eigenvalue weighted by molar-refractivity contribution is 6.02. The highest BCUT2D eigenvalue weighted by Gasteiger charge is 2.15. The molecule has 26 heavy (non-hydrogen) atoms. The molecule has 136 valence electrons. The predicted molar refractivity (Wildman–Crippen MR) is 89.1 cm³/mol. The van der Waals surface area contributed by atoms with Crippen LogP contribution in [0.3, 0.4) is 0 Å². The number of benzene rings is 1. The van der Waals surface area contributed by atoms with Crippen LogP contribution in [0.15, 0.2) is 53.3 Å². The fourth-order valence-corrected chi connectivity index (χ4v) is 2.38. The van der Waals surface area contributed by atoms with E-state index in [9.17, 15) is 18.7 Å². The van der Waals surface area contributed by atoms with Gasteiger partial charge in [-0.3, -0.25) is 4.98 Å². The number of rotatable bonds is 6. The number of halogens is 2. The highest BCUT2D eigenvalue weighted by Crippen LogP contribution is 2.30. The summed E-state index contributed by atoms with van der Waals surface area (Å²) in [6.45, 7) is -3.05. The maximum Gasteiger partial charge on any atom is 0.387 e. The molecular formula is C17H15F2N3O4. The van der Waals surface area contributed by atoms with Crippen LogP contribution in [-0.2, 0) is 0 Å². The third-order valence-corrected chi connectivity index (χ3v) is 3.52. The first kappa shape index (κ1) is 17.6. The third-order valence-electron chi connectivity index (χ3n) is 3.52. The van der Waals surface area contributed by atoms with Gasteiger partial charge >= 0.3 is 12.6 Å². The lowest BCUT2D eigenvalue weighted by molar-refractivity contribution is -0.0489. The summed E-state index contributed by atoms with van der Waals surface area (Å²) in [5, 5.41) is 15.4. The quantitative estimate of drug-likeness (QED) is 0.624. The topological polar surface area (TPSA) is 96.6 Å². The molecule has 0 radical (unpaired) electrons. The zero-order valence-corrected chi connectivity index (χ0v) is 13.4. The highest BCUT2D eigenvalue weighted by atomic mass is 19.3. The number of carbonyl (C=O) groups excluding carboxylic acids is 1. The fourth-order valence-electron chi connectivity index (χ4n) is 2.38. The number of hydrogen-bond acceptors (Lipinski definition) is 5. The van der Waals surface area contributed by atoms with Crippen LogP contribution in [0.25, 0.3) is 10.9 Å². The van der Waals surface area contributed by atoms with Crippen molar-refractivity contribution in [2.24, 2.45) is 0 Å². The van der Waals surface area contributed by atoms with Crippen molar-refractivity contribution in [3.05, 3.63) is 54.6 Å². The van der Waals surface area contributed by atoms with Crippen LogP contribution in [-0.4, -0.2) is 29.3 Å².